The summed E-state index contributed by atoms with van der Waals surface area (Å²) in [7, 11) is 0. The number of aromatic hydroxyl groups is 1. The molecular formula is C21H29NO4. The Balaban J connectivity index is 1.84. The summed E-state index contributed by atoms with van der Waals surface area (Å²) in [5, 5.41) is 25.9. The number of aliphatic hydroxyl groups is 1. The lowest BCUT2D eigenvalue weighted by atomic mass is 9.54. The van der Waals surface area contributed by atoms with Crippen molar-refractivity contribution < 1.29 is 19.7 Å². The third-order valence-corrected chi connectivity index (χ3v) is 6.98. The van der Waals surface area contributed by atoms with Crippen molar-refractivity contribution >= 4 is 5.78 Å². The van der Waals surface area contributed by atoms with Crippen LogP contribution in [-0.2, 0) is 10.2 Å². The van der Waals surface area contributed by atoms with E-state index < -0.39 is 17.1 Å². The second kappa shape index (κ2) is 5.96. The number of ketones is 1. The summed E-state index contributed by atoms with van der Waals surface area (Å²) in [6, 6.07) is 3.28. The molecule has 1 aliphatic heterocycles. The highest BCUT2D eigenvalue weighted by atomic mass is 16.5. The fourth-order valence-corrected chi connectivity index (χ4v) is 5.25. The molecule has 0 aromatic heterocycles. The molecule has 1 heterocycles. The minimum atomic E-state index is -1.11. The van der Waals surface area contributed by atoms with Crippen molar-refractivity contribution in [1.29, 1.82) is 0 Å². The molecule has 4 atom stereocenters. The molecule has 0 radical (unpaired) electrons. The molecule has 0 saturated heterocycles. The van der Waals surface area contributed by atoms with E-state index in [9.17, 15) is 15.0 Å². The Kier molecular flexibility index (Phi) is 4.08. The van der Waals surface area contributed by atoms with E-state index in [0.717, 1.165) is 17.7 Å². The van der Waals surface area contributed by atoms with Gasteiger partial charge in [-0.2, -0.15) is 0 Å². The summed E-state index contributed by atoms with van der Waals surface area (Å²) in [6.07, 6.45) is 3.04. The molecule has 5 nitrogen and oxygen atoms in total. The summed E-state index contributed by atoms with van der Waals surface area (Å²) in [4.78, 5) is 12.8. The predicted molar refractivity (Wildman–Crippen MR) is 98.6 cm³/mol. The van der Waals surface area contributed by atoms with Gasteiger partial charge >= 0.3 is 0 Å². The lowest BCUT2D eigenvalue weighted by Crippen LogP contribution is -2.69. The number of carbonyl (C=O) groups is 1. The molecule has 0 spiro atoms. The molecule has 26 heavy (non-hydrogen) atoms. The van der Waals surface area contributed by atoms with Crippen LogP contribution in [0.2, 0.25) is 0 Å². The van der Waals surface area contributed by atoms with Gasteiger partial charge in [-0.25, -0.2) is 0 Å². The second-order valence-electron chi connectivity index (χ2n) is 8.39. The van der Waals surface area contributed by atoms with Crippen molar-refractivity contribution in [3.63, 3.8) is 0 Å². The second-order valence-corrected chi connectivity index (χ2v) is 8.39. The minimum absolute atomic E-state index is 0.0147. The normalized spacial score (nSPS) is 34.2. The predicted octanol–water partition coefficient (Wildman–Crippen LogP) is 2.59. The van der Waals surface area contributed by atoms with Crippen molar-refractivity contribution in [3.05, 3.63) is 23.3 Å². The maximum absolute atomic E-state index is 12.8. The first-order valence-corrected chi connectivity index (χ1v) is 9.83. The fourth-order valence-electron chi connectivity index (χ4n) is 5.25. The number of hydrogen-bond donors (Lipinski definition) is 3. The topological polar surface area (TPSA) is 78.8 Å². The molecule has 2 aliphatic carbocycles. The Bertz CT molecular complexity index is 744. The zero-order valence-corrected chi connectivity index (χ0v) is 15.8. The van der Waals surface area contributed by atoms with Crippen LogP contribution in [0.5, 0.6) is 11.5 Å². The van der Waals surface area contributed by atoms with Crippen LogP contribution in [0.3, 0.4) is 0 Å². The zero-order valence-electron chi connectivity index (χ0n) is 15.8. The van der Waals surface area contributed by atoms with E-state index in [1.165, 1.54) is 12.8 Å². The van der Waals surface area contributed by atoms with Crippen LogP contribution in [0.4, 0.5) is 0 Å². The third-order valence-electron chi connectivity index (χ3n) is 6.98. The van der Waals surface area contributed by atoms with Crippen LogP contribution < -0.4 is 10.1 Å². The van der Waals surface area contributed by atoms with Crippen molar-refractivity contribution in [2.45, 2.75) is 76.0 Å². The van der Waals surface area contributed by atoms with E-state index >= 15 is 0 Å². The fraction of sp³-hybridized carbons (Fsp3) is 0.667. The van der Waals surface area contributed by atoms with Crippen LogP contribution in [0.25, 0.3) is 0 Å². The molecule has 2 fully saturated rings. The number of rotatable bonds is 5. The Hall–Kier alpha value is -1.59. The number of nitrogens with one attached hydrogen (secondary N) is 1. The molecule has 1 aromatic rings. The highest BCUT2D eigenvalue weighted by Gasteiger charge is 2.67. The molecule has 5 heteroatoms. The van der Waals surface area contributed by atoms with E-state index in [-0.39, 0.29) is 17.6 Å². The summed E-state index contributed by atoms with van der Waals surface area (Å²) in [5.74, 6) is 1.14. The molecule has 142 valence electrons. The first-order valence-electron chi connectivity index (χ1n) is 9.83. The van der Waals surface area contributed by atoms with Crippen LogP contribution in [-0.4, -0.2) is 40.3 Å². The SMILES string of the molecule is CCC12c3c(C)ccc(O)c3OC1C(=O)CCC2(O)C(C)NCC1CC1. The van der Waals surface area contributed by atoms with Gasteiger partial charge in [0.25, 0.3) is 0 Å². The molecule has 3 N–H and O–H groups in total. The van der Waals surface area contributed by atoms with Crippen LogP contribution >= 0.6 is 0 Å². The molecule has 0 amide bonds. The number of phenols is 1. The lowest BCUT2D eigenvalue weighted by Gasteiger charge is -2.53. The number of aryl methyl sites for hydroxylation is 1. The number of carbonyl (C=O) groups excluding carboxylic acids is 1. The number of ether oxygens (including phenoxy) is 1. The van der Waals surface area contributed by atoms with Crippen molar-refractivity contribution in [3.8, 4) is 11.5 Å². The Labute approximate surface area is 154 Å². The first-order chi connectivity index (χ1) is 12.3. The van der Waals surface area contributed by atoms with Gasteiger partial charge in [-0.15, -0.1) is 0 Å². The van der Waals surface area contributed by atoms with E-state index in [1.54, 1.807) is 6.07 Å². The van der Waals surface area contributed by atoms with Crippen molar-refractivity contribution in [2.24, 2.45) is 5.92 Å². The standard InChI is InChI=1S/C21H29NO4/c1-4-20-17-12(2)5-8-15(23)18(17)26-19(20)16(24)9-10-21(20,25)13(3)22-11-14-6-7-14/h5,8,13-14,19,22-23,25H,4,6-7,9-11H2,1-3H3. The quantitative estimate of drug-likeness (QED) is 0.753. The van der Waals surface area contributed by atoms with E-state index in [0.29, 0.717) is 30.9 Å². The molecule has 3 aliphatic rings. The van der Waals surface area contributed by atoms with E-state index in [1.807, 2.05) is 26.8 Å². The van der Waals surface area contributed by atoms with Gasteiger partial charge in [-0.3, -0.25) is 4.79 Å². The number of fused-ring (bicyclic) bond motifs is 3. The Morgan fingerprint density at radius 1 is 1.38 bits per heavy atom. The highest BCUT2D eigenvalue weighted by molar-refractivity contribution is 5.89. The van der Waals surface area contributed by atoms with Crippen LogP contribution in [0.1, 0.15) is 57.1 Å². The number of hydrogen-bond acceptors (Lipinski definition) is 5. The summed E-state index contributed by atoms with van der Waals surface area (Å²) >= 11 is 0. The number of Topliss-reactive ketones (excluding diaryl/α,β-unsaturated/α-hetero) is 1. The largest absolute Gasteiger partial charge is 0.504 e. The van der Waals surface area contributed by atoms with E-state index in [4.69, 9.17) is 4.74 Å². The average Bonchev–Trinajstić information content (AvgIpc) is 3.37. The van der Waals surface area contributed by atoms with E-state index in [2.05, 4.69) is 5.32 Å². The van der Waals surface area contributed by atoms with Gasteiger partial charge in [-0.05, 0) is 63.6 Å². The molecule has 1 aromatic carbocycles. The van der Waals surface area contributed by atoms with Gasteiger partial charge in [0.2, 0.25) is 0 Å². The molecule has 0 bridgehead atoms. The number of phenolic OH excluding ortho intramolecular Hbond substituents is 1. The first kappa shape index (κ1) is 17.8. The Morgan fingerprint density at radius 3 is 2.77 bits per heavy atom. The monoisotopic (exact) mass is 359 g/mol. The van der Waals surface area contributed by atoms with Crippen molar-refractivity contribution in [2.75, 3.05) is 6.54 Å². The van der Waals surface area contributed by atoms with Gasteiger partial charge < -0.3 is 20.3 Å². The highest BCUT2D eigenvalue weighted by Crippen LogP contribution is 2.59. The summed E-state index contributed by atoms with van der Waals surface area (Å²) < 4.78 is 6.03. The maximum atomic E-state index is 12.8. The average molecular weight is 359 g/mol. The van der Waals surface area contributed by atoms with Gasteiger partial charge in [0, 0.05) is 18.0 Å². The summed E-state index contributed by atoms with van der Waals surface area (Å²) in [5.41, 5.74) is -0.194. The summed E-state index contributed by atoms with van der Waals surface area (Å²) in [6.45, 7) is 6.88. The lowest BCUT2D eigenvalue weighted by molar-refractivity contribution is -0.155. The zero-order chi connectivity index (χ0) is 18.7. The molecule has 4 unspecified atom stereocenters. The van der Waals surface area contributed by atoms with Crippen LogP contribution in [0.15, 0.2) is 12.1 Å². The van der Waals surface area contributed by atoms with Gasteiger partial charge in [0.15, 0.2) is 23.4 Å². The number of benzene rings is 1. The van der Waals surface area contributed by atoms with Gasteiger partial charge in [-0.1, -0.05) is 13.0 Å². The Morgan fingerprint density at radius 2 is 2.12 bits per heavy atom. The third kappa shape index (κ3) is 2.26. The van der Waals surface area contributed by atoms with Gasteiger partial charge in [0.05, 0.1) is 11.0 Å². The maximum Gasteiger partial charge on any atom is 0.174 e. The molecule has 4 rings (SSSR count). The molecule has 2 saturated carbocycles. The minimum Gasteiger partial charge on any atom is -0.504 e. The molecular weight excluding hydrogens is 330 g/mol. The van der Waals surface area contributed by atoms with Gasteiger partial charge in [0.1, 0.15) is 0 Å². The van der Waals surface area contributed by atoms with Crippen molar-refractivity contribution in [1.82, 2.24) is 5.32 Å². The smallest absolute Gasteiger partial charge is 0.174 e. The van der Waals surface area contributed by atoms with Crippen LogP contribution in [0, 0.1) is 12.8 Å².